The molecule has 5 heteroatoms. The molecule has 0 aromatic heterocycles. The third-order valence-corrected chi connectivity index (χ3v) is 6.17. The monoisotopic (exact) mass is 359 g/mol. The van der Waals surface area contributed by atoms with Gasteiger partial charge in [-0.25, -0.2) is 4.79 Å². The van der Waals surface area contributed by atoms with Crippen LogP contribution >= 0.6 is 11.6 Å². The second-order valence-electron chi connectivity index (χ2n) is 6.87. The fourth-order valence-electron chi connectivity index (χ4n) is 4.89. The van der Waals surface area contributed by atoms with Crippen molar-refractivity contribution in [2.24, 2.45) is 11.8 Å². The number of allylic oxidation sites excluding steroid dienone is 4. The van der Waals surface area contributed by atoms with Crippen molar-refractivity contribution in [2.45, 2.75) is 31.2 Å². The van der Waals surface area contributed by atoms with E-state index in [1.807, 2.05) is 19.1 Å². The molecule has 0 aliphatic heterocycles. The summed E-state index contributed by atoms with van der Waals surface area (Å²) in [5.41, 5.74) is 2.51. The first-order valence-corrected chi connectivity index (χ1v) is 9.15. The minimum absolute atomic E-state index is 0.0346. The van der Waals surface area contributed by atoms with Crippen LogP contribution < -0.4 is 10.1 Å². The number of methoxy groups -OCH3 is 1. The predicted octanol–water partition coefficient (Wildman–Crippen LogP) is 4.24. The van der Waals surface area contributed by atoms with Gasteiger partial charge in [-0.1, -0.05) is 41.5 Å². The van der Waals surface area contributed by atoms with Gasteiger partial charge in [0.25, 0.3) is 0 Å². The molecule has 1 amide bonds. The largest absolute Gasteiger partial charge is 0.495 e. The second kappa shape index (κ2) is 6.10. The van der Waals surface area contributed by atoms with Gasteiger partial charge in [0.05, 0.1) is 18.7 Å². The highest BCUT2D eigenvalue weighted by Gasteiger charge is 2.71. The van der Waals surface area contributed by atoms with E-state index in [0.717, 1.165) is 12.8 Å². The average Bonchev–Trinajstić information content (AvgIpc) is 3.30. The van der Waals surface area contributed by atoms with Gasteiger partial charge in [0.15, 0.2) is 0 Å². The Kier molecular flexibility index (Phi) is 4.03. The van der Waals surface area contributed by atoms with Crippen LogP contribution in [0.2, 0.25) is 5.02 Å². The van der Waals surface area contributed by atoms with E-state index in [-0.39, 0.29) is 17.6 Å². The normalized spacial score (nSPS) is 31.6. The molecule has 0 spiro atoms. The average molecular weight is 360 g/mol. The predicted molar refractivity (Wildman–Crippen MR) is 97.1 cm³/mol. The van der Waals surface area contributed by atoms with Crippen molar-refractivity contribution in [3.63, 3.8) is 0 Å². The summed E-state index contributed by atoms with van der Waals surface area (Å²) in [6.07, 6.45) is 8.22. The van der Waals surface area contributed by atoms with Crippen LogP contribution in [0.5, 0.6) is 5.75 Å². The van der Waals surface area contributed by atoms with Gasteiger partial charge in [-0.3, -0.25) is 0 Å². The fourth-order valence-corrected chi connectivity index (χ4v) is 5.09. The maximum atomic E-state index is 12.1. The van der Waals surface area contributed by atoms with Gasteiger partial charge in [0.1, 0.15) is 5.75 Å². The summed E-state index contributed by atoms with van der Waals surface area (Å²) in [6.45, 7) is 2.19. The van der Waals surface area contributed by atoms with Crippen LogP contribution in [0.25, 0.3) is 0 Å². The van der Waals surface area contributed by atoms with Crippen LogP contribution in [0, 0.1) is 11.8 Å². The molecule has 25 heavy (non-hydrogen) atoms. The molecular weight excluding hydrogens is 338 g/mol. The number of hydrogen-bond donors (Lipinski definition) is 1. The van der Waals surface area contributed by atoms with Crippen molar-refractivity contribution in [3.05, 3.63) is 52.6 Å². The van der Waals surface area contributed by atoms with Gasteiger partial charge >= 0.3 is 6.09 Å². The van der Waals surface area contributed by atoms with Gasteiger partial charge in [-0.05, 0) is 49.3 Å². The summed E-state index contributed by atoms with van der Waals surface area (Å²) in [5, 5.41) is 3.72. The summed E-state index contributed by atoms with van der Waals surface area (Å²) < 4.78 is 10.6. The number of fused-ring (bicyclic) bond motifs is 1. The number of ether oxygens (including phenoxy) is 2. The van der Waals surface area contributed by atoms with Gasteiger partial charge in [-0.15, -0.1) is 0 Å². The molecule has 4 rings (SSSR count). The Morgan fingerprint density at radius 2 is 2.28 bits per heavy atom. The van der Waals surface area contributed by atoms with E-state index in [2.05, 4.69) is 29.6 Å². The number of carbonyl (C=O) groups excluding carboxylic acids is 1. The molecule has 3 unspecified atom stereocenters. The van der Waals surface area contributed by atoms with Crippen LogP contribution in [0.15, 0.2) is 42.0 Å². The first kappa shape index (κ1) is 16.5. The van der Waals surface area contributed by atoms with E-state index >= 15 is 0 Å². The number of nitrogens with one attached hydrogen (secondary N) is 1. The van der Waals surface area contributed by atoms with Crippen molar-refractivity contribution in [2.75, 3.05) is 13.7 Å². The minimum atomic E-state index is -0.340. The SMILES string of the molecule is CCOC(=O)NC1CCC2=CC=CC3C2[C@]13c1ccc(Cl)c(OC)c1. The summed E-state index contributed by atoms with van der Waals surface area (Å²) in [6, 6.07) is 6.02. The smallest absolute Gasteiger partial charge is 0.407 e. The molecule has 2 saturated carbocycles. The quantitative estimate of drug-likeness (QED) is 0.874. The Bertz CT molecular complexity index is 772. The van der Waals surface area contributed by atoms with Gasteiger partial charge in [-0.2, -0.15) is 0 Å². The third kappa shape index (κ3) is 2.38. The molecule has 1 aromatic carbocycles. The van der Waals surface area contributed by atoms with Gasteiger partial charge in [0.2, 0.25) is 0 Å². The Balaban J connectivity index is 1.75. The Morgan fingerprint density at radius 1 is 1.44 bits per heavy atom. The van der Waals surface area contributed by atoms with E-state index in [0.29, 0.717) is 29.2 Å². The number of halogens is 1. The summed E-state index contributed by atoms with van der Waals surface area (Å²) >= 11 is 6.23. The zero-order valence-corrected chi connectivity index (χ0v) is 15.2. The Labute approximate surface area is 152 Å². The zero-order chi connectivity index (χ0) is 17.6. The molecule has 1 aromatic rings. The Hall–Kier alpha value is -1.94. The first-order chi connectivity index (χ1) is 12.1. The van der Waals surface area contributed by atoms with Crippen LogP contribution in [-0.4, -0.2) is 25.9 Å². The van der Waals surface area contributed by atoms with E-state index in [4.69, 9.17) is 21.1 Å². The van der Waals surface area contributed by atoms with E-state index in [1.165, 1.54) is 11.1 Å². The molecular formula is C20H22ClNO3. The first-order valence-electron chi connectivity index (χ1n) is 8.77. The molecule has 3 aliphatic carbocycles. The lowest BCUT2D eigenvalue weighted by molar-refractivity contribution is 0.143. The minimum Gasteiger partial charge on any atom is -0.495 e. The number of benzene rings is 1. The molecule has 3 aliphatic rings. The van der Waals surface area contributed by atoms with Crippen molar-refractivity contribution < 1.29 is 14.3 Å². The number of rotatable bonds is 4. The van der Waals surface area contributed by atoms with Gasteiger partial charge in [0, 0.05) is 11.5 Å². The molecule has 1 N–H and O–H groups in total. The maximum absolute atomic E-state index is 12.1. The summed E-state index contributed by atoms with van der Waals surface area (Å²) in [4.78, 5) is 12.1. The zero-order valence-electron chi connectivity index (χ0n) is 14.4. The lowest BCUT2D eigenvalue weighted by Crippen LogP contribution is -2.47. The molecule has 0 radical (unpaired) electrons. The Morgan fingerprint density at radius 3 is 3.04 bits per heavy atom. The van der Waals surface area contributed by atoms with Crippen molar-refractivity contribution in [1.82, 2.24) is 5.32 Å². The van der Waals surface area contributed by atoms with Crippen molar-refractivity contribution in [1.29, 1.82) is 0 Å². The number of carbonyl (C=O) groups is 1. The highest BCUT2D eigenvalue weighted by atomic mass is 35.5. The summed E-state index contributed by atoms with van der Waals surface area (Å²) in [5.74, 6) is 1.50. The molecule has 132 valence electrons. The van der Waals surface area contributed by atoms with Crippen LogP contribution in [0.1, 0.15) is 25.3 Å². The lowest BCUT2D eigenvalue weighted by atomic mass is 9.76. The standard InChI is InChI=1S/C20H22ClNO3/c1-3-25-19(23)22-17-10-7-12-5-4-6-14-18(12)20(14,17)13-8-9-15(21)16(11-13)24-2/h4-6,8-9,11,14,17-18H,3,7,10H2,1-2H3,(H,22,23)/t14?,17?,18?,20-/m0/s1. The molecule has 0 bridgehead atoms. The highest BCUT2D eigenvalue weighted by Crippen LogP contribution is 2.70. The number of alkyl carbamates (subject to hydrolysis) is 1. The molecule has 4 nitrogen and oxygen atoms in total. The van der Waals surface area contributed by atoms with E-state index < -0.39 is 0 Å². The highest BCUT2D eigenvalue weighted by molar-refractivity contribution is 6.32. The number of hydrogen-bond acceptors (Lipinski definition) is 3. The van der Waals surface area contributed by atoms with Crippen molar-refractivity contribution in [3.8, 4) is 5.75 Å². The third-order valence-electron chi connectivity index (χ3n) is 5.86. The fraction of sp³-hybridized carbons (Fsp3) is 0.450. The molecule has 0 saturated heterocycles. The second-order valence-corrected chi connectivity index (χ2v) is 7.28. The molecule has 4 atom stereocenters. The van der Waals surface area contributed by atoms with E-state index in [1.54, 1.807) is 7.11 Å². The van der Waals surface area contributed by atoms with Crippen molar-refractivity contribution >= 4 is 17.7 Å². The van der Waals surface area contributed by atoms with Gasteiger partial charge < -0.3 is 14.8 Å². The van der Waals surface area contributed by atoms with E-state index in [9.17, 15) is 4.79 Å². The number of amides is 1. The summed E-state index contributed by atoms with van der Waals surface area (Å²) in [7, 11) is 1.63. The molecule has 0 heterocycles. The lowest BCUT2D eigenvalue weighted by Gasteiger charge is -2.34. The van der Waals surface area contributed by atoms with Crippen LogP contribution in [0.4, 0.5) is 4.79 Å². The van der Waals surface area contributed by atoms with Crippen LogP contribution in [-0.2, 0) is 10.2 Å². The molecule has 2 fully saturated rings. The topological polar surface area (TPSA) is 47.6 Å². The maximum Gasteiger partial charge on any atom is 0.407 e. The van der Waals surface area contributed by atoms with Crippen LogP contribution in [0.3, 0.4) is 0 Å².